The summed E-state index contributed by atoms with van der Waals surface area (Å²) in [5.41, 5.74) is 6.30. The summed E-state index contributed by atoms with van der Waals surface area (Å²) in [5, 5.41) is 9.55. The summed E-state index contributed by atoms with van der Waals surface area (Å²) in [6, 6.07) is 2.26. The van der Waals surface area contributed by atoms with Crippen LogP contribution in [0.1, 0.15) is 51.7 Å². The molecule has 0 atom stereocenters. The Morgan fingerprint density at radius 2 is 1.87 bits per heavy atom. The average Bonchev–Trinajstić information content (AvgIpc) is 2.74. The summed E-state index contributed by atoms with van der Waals surface area (Å²) in [6.07, 6.45) is 13.7. The van der Waals surface area contributed by atoms with Crippen molar-refractivity contribution in [3.63, 3.8) is 0 Å². The Balaban J connectivity index is 3.25. The molecule has 1 rings (SSSR count). The van der Waals surface area contributed by atoms with Crippen LogP contribution in [0.25, 0.3) is 5.70 Å². The van der Waals surface area contributed by atoms with Crippen LogP contribution in [-0.2, 0) is 0 Å². The second-order valence-electron chi connectivity index (χ2n) is 7.29. The van der Waals surface area contributed by atoms with E-state index in [1.165, 1.54) is 5.70 Å². The number of nitriles is 1. The van der Waals surface area contributed by atoms with Crippen molar-refractivity contribution in [3.05, 3.63) is 77.9 Å². The van der Waals surface area contributed by atoms with Crippen LogP contribution in [0.2, 0.25) is 0 Å². The quantitative estimate of drug-likeness (QED) is 0.412. The third-order valence-electron chi connectivity index (χ3n) is 5.09. The van der Waals surface area contributed by atoms with Crippen molar-refractivity contribution in [2.45, 2.75) is 40.5 Å². The van der Waals surface area contributed by atoms with E-state index in [9.17, 15) is 5.26 Å². The van der Waals surface area contributed by atoms with Gasteiger partial charge in [0.15, 0.2) is 0 Å². The molecule has 1 aromatic heterocycles. The molecule has 158 valence electrons. The van der Waals surface area contributed by atoms with E-state index < -0.39 is 0 Å². The van der Waals surface area contributed by atoms with Crippen molar-refractivity contribution in [3.8, 4) is 6.07 Å². The van der Waals surface area contributed by atoms with Gasteiger partial charge in [0.2, 0.25) is 0 Å². The van der Waals surface area contributed by atoms with Gasteiger partial charge in [0.1, 0.15) is 13.9 Å². The number of rotatable bonds is 11. The highest BCUT2D eigenvalue weighted by Gasteiger charge is 2.17. The molecule has 0 N–H and O–H groups in total. The fourth-order valence-corrected chi connectivity index (χ4v) is 3.44. The molecule has 30 heavy (non-hydrogen) atoms. The predicted octanol–water partition coefficient (Wildman–Crippen LogP) is 4.16. The fourth-order valence-electron chi connectivity index (χ4n) is 3.44. The maximum atomic E-state index is 9.55. The first-order chi connectivity index (χ1) is 14.4. The molecule has 0 amide bonds. The van der Waals surface area contributed by atoms with Gasteiger partial charge in [0.25, 0.3) is 0 Å². The Morgan fingerprint density at radius 1 is 1.23 bits per heavy atom. The lowest BCUT2D eigenvalue weighted by atomic mass is 9.88. The van der Waals surface area contributed by atoms with E-state index in [2.05, 4.69) is 62.0 Å². The lowest BCUT2D eigenvalue weighted by Gasteiger charge is -2.27. The topological polar surface area (TPSA) is 43.2 Å². The predicted molar refractivity (Wildman–Crippen MR) is 132 cm³/mol. The molecule has 0 radical (unpaired) electrons. The molecule has 0 aliphatic rings. The third kappa shape index (κ3) is 6.25. The van der Waals surface area contributed by atoms with Crippen LogP contribution in [0.4, 0.5) is 0 Å². The van der Waals surface area contributed by atoms with Crippen LogP contribution < -0.4 is 5.46 Å². The number of aromatic nitrogens is 1. The highest BCUT2D eigenvalue weighted by atomic mass is 15.1. The third-order valence-corrected chi connectivity index (χ3v) is 5.09. The lowest BCUT2D eigenvalue weighted by Crippen LogP contribution is -2.23. The minimum Gasteiger partial charge on any atom is -0.375 e. The van der Waals surface area contributed by atoms with Gasteiger partial charge in [-0.3, -0.25) is 4.98 Å². The summed E-state index contributed by atoms with van der Waals surface area (Å²) in [4.78, 5) is 8.57. The molecule has 0 saturated carbocycles. The van der Waals surface area contributed by atoms with Gasteiger partial charge in [-0.1, -0.05) is 50.7 Å². The van der Waals surface area contributed by atoms with Crippen LogP contribution in [0.3, 0.4) is 0 Å². The minimum absolute atomic E-state index is 0.553. The molecule has 0 fully saturated rings. The molecule has 0 spiro atoms. The van der Waals surface area contributed by atoms with E-state index in [0.717, 1.165) is 53.9 Å². The van der Waals surface area contributed by atoms with Crippen LogP contribution in [0, 0.1) is 11.3 Å². The molecule has 0 aromatic carbocycles. The Bertz CT molecular complexity index is 881. The van der Waals surface area contributed by atoms with E-state index in [-0.39, 0.29) is 0 Å². The van der Waals surface area contributed by atoms with Crippen molar-refractivity contribution in [2.24, 2.45) is 0 Å². The number of nitrogens with zero attached hydrogens (tertiary/aromatic N) is 4. The molecule has 1 heterocycles. The number of hydrogen-bond donors (Lipinski definition) is 0. The maximum Gasteiger partial charge on any atom is 0.142 e. The lowest BCUT2D eigenvalue weighted by molar-refractivity contribution is 0.345. The highest BCUT2D eigenvalue weighted by Crippen LogP contribution is 2.26. The molecule has 0 aliphatic carbocycles. The van der Waals surface area contributed by atoms with Gasteiger partial charge in [0, 0.05) is 55.2 Å². The molecule has 5 heteroatoms. The van der Waals surface area contributed by atoms with E-state index in [0.29, 0.717) is 5.56 Å². The largest absolute Gasteiger partial charge is 0.375 e. The van der Waals surface area contributed by atoms with Crippen molar-refractivity contribution < 1.29 is 0 Å². The zero-order valence-corrected chi connectivity index (χ0v) is 19.5. The monoisotopic (exact) mass is 402 g/mol. The van der Waals surface area contributed by atoms with Gasteiger partial charge >= 0.3 is 0 Å². The van der Waals surface area contributed by atoms with Gasteiger partial charge in [-0.2, -0.15) is 5.26 Å². The maximum absolute atomic E-state index is 9.55. The Morgan fingerprint density at radius 3 is 2.37 bits per heavy atom. The normalized spacial score (nSPS) is 12.3. The van der Waals surface area contributed by atoms with Crippen LogP contribution in [0.5, 0.6) is 0 Å². The van der Waals surface area contributed by atoms with Crippen molar-refractivity contribution in [1.29, 1.82) is 5.26 Å². The van der Waals surface area contributed by atoms with Gasteiger partial charge in [-0.25, -0.2) is 0 Å². The van der Waals surface area contributed by atoms with E-state index in [1.807, 2.05) is 38.9 Å². The molecular weight excluding hydrogens is 367 g/mol. The number of pyridine rings is 1. The van der Waals surface area contributed by atoms with E-state index in [1.54, 1.807) is 12.4 Å². The van der Waals surface area contributed by atoms with E-state index in [4.69, 9.17) is 0 Å². The van der Waals surface area contributed by atoms with Gasteiger partial charge in [0.05, 0.1) is 5.56 Å². The second-order valence-corrected chi connectivity index (χ2v) is 7.29. The number of allylic oxidation sites excluding steroid dienone is 5. The van der Waals surface area contributed by atoms with Crippen LogP contribution >= 0.6 is 0 Å². The summed E-state index contributed by atoms with van der Waals surface area (Å²) in [7, 11) is 3.93. The fraction of sp³-hybridized carbons (Fsp3) is 0.360. The Kier molecular flexibility index (Phi) is 10.5. The molecule has 0 aliphatic heterocycles. The Hall–Kier alpha value is -3.00. The average molecular weight is 402 g/mol. The van der Waals surface area contributed by atoms with Gasteiger partial charge in [-0.05, 0) is 38.3 Å². The zero-order chi connectivity index (χ0) is 22.7. The first-order valence-corrected chi connectivity index (χ1v) is 10.6. The Labute approximate surface area is 184 Å². The molecule has 4 nitrogen and oxygen atoms in total. The molecule has 0 bridgehead atoms. The van der Waals surface area contributed by atoms with Crippen LogP contribution in [-0.4, -0.2) is 42.8 Å². The summed E-state index contributed by atoms with van der Waals surface area (Å²) < 4.78 is 0. The summed E-state index contributed by atoms with van der Waals surface area (Å²) >= 11 is 0. The van der Waals surface area contributed by atoms with Crippen LogP contribution in [0.15, 0.2) is 66.8 Å². The highest BCUT2D eigenvalue weighted by molar-refractivity contribution is 6.34. The summed E-state index contributed by atoms with van der Waals surface area (Å²) in [6.45, 7) is 18.9. The zero-order valence-electron chi connectivity index (χ0n) is 19.5. The molecular formula is C25H35BN4. The van der Waals surface area contributed by atoms with Gasteiger partial charge in [-0.15, -0.1) is 0 Å². The van der Waals surface area contributed by atoms with E-state index >= 15 is 0 Å². The summed E-state index contributed by atoms with van der Waals surface area (Å²) in [5.74, 6) is 0. The minimum atomic E-state index is 0.553. The standard InChI is InChI=1S/C25H35BN4/c1-8-14-30(15-9-2)19(5)12-13-21(10-3)20(6)29(7)24(11-4)25-22(16-27)17-28-18-23(25)26/h10-13,17-18H,3,6,8-9,14-15,26H2,1-2,4-5,7H3/b19-12+,21-13+,24-11-. The molecule has 1 aromatic rings. The first-order valence-electron chi connectivity index (χ1n) is 10.6. The van der Waals surface area contributed by atoms with Crippen molar-refractivity contribution in [2.75, 3.05) is 20.1 Å². The van der Waals surface area contributed by atoms with Crippen molar-refractivity contribution >= 4 is 19.0 Å². The smallest absolute Gasteiger partial charge is 0.142 e. The molecule has 0 saturated heterocycles. The van der Waals surface area contributed by atoms with Crippen molar-refractivity contribution in [1.82, 2.24) is 14.8 Å². The first kappa shape index (κ1) is 25.0. The number of hydrogen-bond acceptors (Lipinski definition) is 4. The second kappa shape index (κ2) is 12.5. The SMILES string of the molecule is Bc1cncc(C#N)c1/C(=C/C)N(C)C(=C)/C(C=C)=C/C=C(\C)N(CCC)CCC. The molecule has 0 unspecified atom stereocenters. The van der Waals surface area contributed by atoms with Gasteiger partial charge < -0.3 is 9.80 Å². The number of likely N-dealkylation sites (N-methyl/N-ethyl adjacent to an activating group) is 1.